The van der Waals surface area contributed by atoms with Crippen LogP contribution >= 0.6 is 0 Å². The molecule has 1 fully saturated rings. The van der Waals surface area contributed by atoms with Gasteiger partial charge in [0.25, 0.3) is 11.8 Å². The van der Waals surface area contributed by atoms with E-state index in [4.69, 9.17) is 0 Å². The van der Waals surface area contributed by atoms with Gasteiger partial charge in [-0.15, -0.1) is 23.4 Å². The van der Waals surface area contributed by atoms with Crippen LogP contribution < -0.4 is 15.4 Å². The highest BCUT2D eigenvalue weighted by Crippen LogP contribution is 2.27. The molecule has 0 spiro atoms. The third-order valence-electron chi connectivity index (χ3n) is 6.25. The molecule has 0 saturated carbocycles. The molecule has 1 aliphatic rings. The van der Waals surface area contributed by atoms with E-state index >= 15 is 0 Å². The number of piperidine rings is 1. The van der Waals surface area contributed by atoms with Crippen molar-refractivity contribution < 1.29 is 40.7 Å². The number of carbonyl (C=O) groups excluding carboxylic acids is 2. The average molecular weight is 604 g/mol. The normalized spacial score (nSPS) is 15.4. The Bertz CT molecular complexity index is 1370. The predicted octanol–water partition coefficient (Wildman–Crippen LogP) is 2.99. The average Bonchev–Trinajstić information content (AvgIpc) is 3.57. The highest BCUT2D eigenvalue weighted by atomic mass is 19.4. The van der Waals surface area contributed by atoms with E-state index in [2.05, 4.69) is 36.0 Å². The SMILES string of the molecule is O=C(CN1CCC(F)(F)CC1)Nc1cn(CCCCn2cc(C(=O)NCc3cc(OC(F)(F)F)ccc3F)nn2)nn1. The molecule has 0 atom stereocenters. The minimum Gasteiger partial charge on any atom is -0.406 e. The molecule has 1 aliphatic heterocycles. The number of carbonyl (C=O) groups is 2. The molecule has 42 heavy (non-hydrogen) atoms. The minimum atomic E-state index is -4.94. The summed E-state index contributed by atoms with van der Waals surface area (Å²) in [5.41, 5.74) is -0.268. The van der Waals surface area contributed by atoms with Gasteiger partial charge >= 0.3 is 6.36 Å². The van der Waals surface area contributed by atoms with Gasteiger partial charge in [0.2, 0.25) is 5.91 Å². The highest BCUT2D eigenvalue weighted by Gasteiger charge is 2.34. The summed E-state index contributed by atoms with van der Waals surface area (Å²) in [5, 5.41) is 20.4. The monoisotopic (exact) mass is 603 g/mol. The van der Waals surface area contributed by atoms with Crippen LogP contribution in [0.1, 0.15) is 41.7 Å². The Balaban J connectivity index is 1.15. The lowest BCUT2D eigenvalue weighted by Gasteiger charge is -2.30. The van der Waals surface area contributed by atoms with Gasteiger partial charge in [0.15, 0.2) is 11.5 Å². The number of ether oxygens (including phenoxy) is 1. The van der Waals surface area contributed by atoms with E-state index in [-0.39, 0.29) is 55.5 Å². The Morgan fingerprint density at radius 1 is 1.00 bits per heavy atom. The summed E-state index contributed by atoms with van der Waals surface area (Å²) in [6.07, 6.45) is -1.31. The van der Waals surface area contributed by atoms with Crippen molar-refractivity contribution in [3.05, 3.63) is 47.7 Å². The van der Waals surface area contributed by atoms with Crippen molar-refractivity contribution in [2.24, 2.45) is 0 Å². The second-order valence-corrected chi connectivity index (χ2v) is 9.60. The smallest absolute Gasteiger partial charge is 0.406 e. The number of nitrogens with one attached hydrogen (secondary N) is 2. The quantitative estimate of drug-likeness (QED) is 0.239. The van der Waals surface area contributed by atoms with Crippen molar-refractivity contribution in [1.82, 2.24) is 40.2 Å². The first-order valence-electron chi connectivity index (χ1n) is 12.9. The maximum Gasteiger partial charge on any atom is 0.573 e. The zero-order chi connectivity index (χ0) is 30.3. The number of halogens is 6. The van der Waals surface area contributed by atoms with Gasteiger partial charge < -0.3 is 15.4 Å². The first-order chi connectivity index (χ1) is 19.8. The Hall–Kier alpha value is -4.22. The van der Waals surface area contributed by atoms with Crippen LogP contribution in [0.4, 0.5) is 32.2 Å². The minimum absolute atomic E-state index is 0.0121. The summed E-state index contributed by atoms with van der Waals surface area (Å²) < 4.78 is 84.4. The first-order valence-corrected chi connectivity index (χ1v) is 12.9. The first kappa shape index (κ1) is 30.7. The van der Waals surface area contributed by atoms with Crippen molar-refractivity contribution in [2.45, 2.75) is 57.6 Å². The standard InChI is InChI=1S/C24H27F6N9O3/c25-18-4-3-17(42-24(28,29)30)11-16(18)12-31-22(41)19-13-38(35-33-19)7-1-2-8-39-14-20(34-36-39)32-21(40)15-37-9-5-23(26,27)6-10-37/h3-4,11,13-14H,1-2,5-10,12,15H2,(H,31,41)(H,32,40). The number of hydrogen-bond donors (Lipinski definition) is 2. The molecule has 3 aromatic rings. The van der Waals surface area contributed by atoms with E-state index < -0.39 is 36.3 Å². The predicted molar refractivity (Wildman–Crippen MR) is 133 cm³/mol. The van der Waals surface area contributed by atoms with Crippen molar-refractivity contribution in [2.75, 3.05) is 25.0 Å². The van der Waals surface area contributed by atoms with Crippen LogP contribution in [0.3, 0.4) is 0 Å². The molecular weight excluding hydrogens is 576 g/mol. The fourth-order valence-corrected chi connectivity index (χ4v) is 4.10. The van der Waals surface area contributed by atoms with Crippen LogP contribution in [-0.4, -0.2) is 78.6 Å². The third kappa shape index (κ3) is 9.42. The number of amides is 2. The summed E-state index contributed by atoms with van der Waals surface area (Å²) in [4.78, 5) is 26.2. The molecule has 228 valence electrons. The van der Waals surface area contributed by atoms with Gasteiger partial charge in [0, 0.05) is 51.1 Å². The molecule has 4 rings (SSSR count). The molecule has 0 radical (unpaired) electrons. The van der Waals surface area contributed by atoms with Gasteiger partial charge in [0.1, 0.15) is 11.6 Å². The molecule has 2 amide bonds. The number of benzene rings is 1. The van der Waals surface area contributed by atoms with Crippen molar-refractivity contribution in [3.8, 4) is 5.75 Å². The van der Waals surface area contributed by atoms with Crippen LogP contribution in [0, 0.1) is 5.82 Å². The summed E-state index contributed by atoms with van der Waals surface area (Å²) in [7, 11) is 0. The molecule has 18 heteroatoms. The molecule has 3 heterocycles. The second-order valence-electron chi connectivity index (χ2n) is 9.60. The number of aromatic nitrogens is 6. The Morgan fingerprint density at radius 3 is 2.36 bits per heavy atom. The van der Waals surface area contributed by atoms with Gasteiger partial charge in [-0.2, -0.15) is 0 Å². The number of aryl methyl sites for hydroxylation is 2. The molecule has 1 saturated heterocycles. The maximum absolute atomic E-state index is 13.9. The summed E-state index contributed by atoms with van der Waals surface area (Å²) in [6, 6.07) is 2.47. The van der Waals surface area contributed by atoms with Gasteiger partial charge in [0.05, 0.1) is 18.9 Å². The lowest BCUT2D eigenvalue weighted by Crippen LogP contribution is -2.43. The van der Waals surface area contributed by atoms with Crippen molar-refractivity contribution in [3.63, 3.8) is 0 Å². The molecule has 0 unspecified atom stereocenters. The largest absolute Gasteiger partial charge is 0.573 e. The number of likely N-dealkylation sites (tertiary alicyclic amines) is 1. The summed E-state index contributed by atoms with van der Waals surface area (Å²) >= 11 is 0. The topological polar surface area (TPSA) is 132 Å². The molecule has 2 N–H and O–H groups in total. The van der Waals surface area contributed by atoms with Gasteiger partial charge in [-0.05, 0) is 31.0 Å². The Kier molecular flexibility index (Phi) is 9.64. The fourth-order valence-electron chi connectivity index (χ4n) is 4.10. The number of rotatable bonds is 12. The molecule has 0 bridgehead atoms. The van der Waals surface area contributed by atoms with Crippen LogP contribution in [-0.2, 0) is 24.4 Å². The third-order valence-corrected chi connectivity index (χ3v) is 6.25. The van der Waals surface area contributed by atoms with E-state index in [1.165, 1.54) is 15.6 Å². The summed E-state index contributed by atoms with van der Waals surface area (Å²) in [6.45, 7) is 0.743. The number of unbranched alkanes of at least 4 members (excludes halogenated alkanes) is 1. The van der Waals surface area contributed by atoms with Crippen LogP contribution in [0.25, 0.3) is 0 Å². The van der Waals surface area contributed by atoms with Gasteiger partial charge in [-0.25, -0.2) is 13.2 Å². The Morgan fingerprint density at radius 2 is 1.67 bits per heavy atom. The lowest BCUT2D eigenvalue weighted by molar-refractivity contribution is -0.274. The van der Waals surface area contributed by atoms with E-state index in [0.29, 0.717) is 25.9 Å². The van der Waals surface area contributed by atoms with Crippen LogP contribution in [0.2, 0.25) is 0 Å². The number of anilines is 1. The second kappa shape index (κ2) is 13.2. The molecule has 1 aromatic carbocycles. The van der Waals surface area contributed by atoms with Crippen molar-refractivity contribution >= 4 is 17.6 Å². The number of alkyl halides is 5. The maximum atomic E-state index is 13.9. The fraction of sp³-hybridized carbons (Fsp3) is 0.500. The Labute approximate surface area is 235 Å². The number of nitrogens with zero attached hydrogens (tertiary/aromatic N) is 7. The van der Waals surface area contributed by atoms with Crippen LogP contribution in [0.15, 0.2) is 30.6 Å². The highest BCUT2D eigenvalue weighted by molar-refractivity contribution is 5.92. The molecule has 12 nitrogen and oxygen atoms in total. The zero-order valence-electron chi connectivity index (χ0n) is 22.1. The van der Waals surface area contributed by atoms with Crippen LogP contribution in [0.5, 0.6) is 5.75 Å². The van der Waals surface area contributed by atoms with E-state index in [9.17, 15) is 35.9 Å². The van der Waals surface area contributed by atoms with E-state index in [1.54, 1.807) is 11.1 Å². The van der Waals surface area contributed by atoms with E-state index in [1.807, 2.05) is 0 Å². The molecular formula is C24H27F6N9O3. The molecule has 2 aromatic heterocycles. The van der Waals surface area contributed by atoms with Crippen molar-refractivity contribution in [1.29, 1.82) is 0 Å². The zero-order valence-corrected chi connectivity index (χ0v) is 22.1. The summed E-state index contributed by atoms with van der Waals surface area (Å²) in [5.74, 6) is -4.93. The molecule has 0 aliphatic carbocycles. The van der Waals surface area contributed by atoms with E-state index in [0.717, 1.165) is 18.2 Å². The lowest BCUT2D eigenvalue weighted by atomic mass is 10.1. The van der Waals surface area contributed by atoms with Gasteiger partial charge in [-0.1, -0.05) is 10.4 Å². The van der Waals surface area contributed by atoms with Gasteiger partial charge in [-0.3, -0.25) is 23.9 Å². The number of hydrogen-bond acceptors (Lipinski definition) is 8.